The standard InChI is InChI=1S/C15H21N3O2/c1-5-17(6-2)11(3)15(19)18-10-16-13-9-12(20-4)7-8-14(13)18/h7-11H,5-6H2,1-4H3. The van der Waals surface area contributed by atoms with Crippen LogP contribution in [0.5, 0.6) is 5.75 Å². The zero-order chi connectivity index (χ0) is 14.7. The largest absolute Gasteiger partial charge is 0.497 e. The first kappa shape index (κ1) is 14.5. The summed E-state index contributed by atoms with van der Waals surface area (Å²) in [6.45, 7) is 7.76. The molecule has 1 aromatic carbocycles. The second-order valence-electron chi connectivity index (χ2n) is 4.70. The third-order valence-electron chi connectivity index (χ3n) is 3.71. The number of aromatic nitrogens is 2. The minimum atomic E-state index is -0.162. The average molecular weight is 275 g/mol. The van der Waals surface area contributed by atoms with Crippen LogP contribution in [0.25, 0.3) is 11.0 Å². The molecular formula is C15H21N3O2. The van der Waals surface area contributed by atoms with Crippen LogP contribution in [0.2, 0.25) is 0 Å². The van der Waals surface area contributed by atoms with Crippen molar-refractivity contribution in [3.8, 4) is 5.75 Å². The molecule has 2 rings (SSSR count). The molecule has 0 saturated carbocycles. The molecule has 1 unspecified atom stereocenters. The molecule has 20 heavy (non-hydrogen) atoms. The summed E-state index contributed by atoms with van der Waals surface area (Å²) >= 11 is 0. The first-order valence-electron chi connectivity index (χ1n) is 6.91. The molecule has 1 atom stereocenters. The fourth-order valence-electron chi connectivity index (χ4n) is 2.42. The van der Waals surface area contributed by atoms with Crippen molar-refractivity contribution in [2.24, 2.45) is 0 Å². The van der Waals surface area contributed by atoms with E-state index in [2.05, 4.69) is 23.7 Å². The molecule has 1 aromatic heterocycles. The summed E-state index contributed by atoms with van der Waals surface area (Å²) < 4.78 is 6.79. The Balaban J connectivity index is 2.35. The van der Waals surface area contributed by atoms with Crippen LogP contribution in [-0.2, 0) is 0 Å². The highest BCUT2D eigenvalue weighted by atomic mass is 16.5. The molecule has 5 nitrogen and oxygen atoms in total. The van der Waals surface area contributed by atoms with Crippen molar-refractivity contribution in [1.82, 2.24) is 14.5 Å². The third-order valence-corrected chi connectivity index (χ3v) is 3.71. The Morgan fingerprint density at radius 2 is 2.10 bits per heavy atom. The molecule has 0 spiro atoms. The Bertz CT molecular complexity index is 602. The number of imidazole rings is 1. The minimum absolute atomic E-state index is 0.0429. The van der Waals surface area contributed by atoms with Crippen molar-refractivity contribution in [3.63, 3.8) is 0 Å². The maximum atomic E-state index is 12.6. The van der Waals surface area contributed by atoms with Crippen LogP contribution in [-0.4, -0.2) is 46.6 Å². The highest BCUT2D eigenvalue weighted by molar-refractivity contribution is 5.93. The van der Waals surface area contributed by atoms with Crippen molar-refractivity contribution in [2.45, 2.75) is 26.8 Å². The van der Waals surface area contributed by atoms with Crippen LogP contribution in [0.4, 0.5) is 0 Å². The van der Waals surface area contributed by atoms with E-state index in [9.17, 15) is 4.79 Å². The first-order chi connectivity index (χ1) is 9.62. The predicted octanol–water partition coefficient (Wildman–Crippen LogP) is 2.42. The van der Waals surface area contributed by atoms with Gasteiger partial charge in [-0.2, -0.15) is 0 Å². The van der Waals surface area contributed by atoms with Gasteiger partial charge in [-0.25, -0.2) is 4.98 Å². The molecule has 108 valence electrons. The van der Waals surface area contributed by atoms with Gasteiger partial charge in [0.2, 0.25) is 5.91 Å². The lowest BCUT2D eigenvalue weighted by Gasteiger charge is -2.25. The van der Waals surface area contributed by atoms with Crippen LogP contribution >= 0.6 is 0 Å². The van der Waals surface area contributed by atoms with E-state index in [0.29, 0.717) is 0 Å². The molecule has 2 aromatic rings. The van der Waals surface area contributed by atoms with Crippen molar-refractivity contribution >= 4 is 16.9 Å². The van der Waals surface area contributed by atoms with Crippen LogP contribution in [0.15, 0.2) is 24.5 Å². The number of ether oxygens (including phenoxy) is 1. The summed E-state index contributed by atoms with van der Waals surface area (Å²) in [6, 6.07) is 5.38. The lowest BCUT2D eigenvalue weighted by molar-refractivity contribution is 0.0768. The Hall–Kier alpha value is -1.88. The number of carbonyl (C=O) groups excluding carboxylic acids is 1. The molecule has 0 fully saturated rings. The van der Waals surface area contributed by atoms with Gasteiger partial charge in [-0.05, 0) is 32.1 Å². The summed E-state index contributed by atoms with van der Waals surface area (Å²) in [6.07, 6.45) is 1.59. The smallest absolute Gasteiger partial charge is 0.249 e. The molecule has 0 N–H and O–H groups in total. The van der Waals surface area contributed by atoms with Gasteiger partial charge in [0, 0.05) is 6.07 Å². The Kier molecular flexibility index (Phi) is 4.39. The van der Waals surface area contributed by atoms with Gasteiger partial charge in [0.1, 0.15) is 12.1 Å². The number of fused-ring (bicyclic) bond motifs is 1. The fourth-order valence-corrected chi connectivity index (χ4v) is 2.42. The average Bonchev–Trinajstić information content (AvgIpc) is 2.90. The van der Waals surface area contributed by atoms with Crippen LogP contribution in [0.1, 0.15) is 25.6 Å². The highest BCUT2D eigenvalue weighted by Gasteiger charge is 2.21. The number of carbonyl (C=O) groups is 1. The molecule has 0 radical (unpaired) electrons. The lowest BCUT2D eigenvalue weighted by atomic mass is 10.2. The topological polar surface area (TPSA) is 47.4 Å². The second kappa shape index (κ2) is 6.05. The highest BCUT2D eigenvalue weighted by Crippen LogP contribution is 2.20. The summed E-state index contributed by atoms with van der Waals surface area (Å²) in [5.74, 6) is 0.786. The monoisotopic (exact) mass is 275 g/mol. The van der Waals surface area contributed by atoms with Gasteiger partial charge in [0.05, 0.1) is 24.2 Å². The van der Waals surface area contributed by atoms with Crippen molar-refractivity contribution < 1.29 is 9.53 Å². The number of rotatable bonds is 5. The molecule has 0 bridgehead atoms. The van der Waals surface area contributed by atoms with E-state index in [4.69, 9.17) is 4.74 Å². The first-order valence-corrected chi connectivity index (χ1v) is 6.91. The zero-order valence-corrected chi connectivity index (χ0v) is 12.5. The van der Waals surface area contributed by atoms with Crippen LogP contribution in [0, 0.1) is 0 Å². The van der Waals surface area contributed by atoms with Gasteiger partial charge in [-0.1, -0.05) is 13.8 Å². The van der Waals surface area contributed by atoms with E-state index in [0.717, 1.165) is 29.9 Å². The van der Waals surface area contributed by atoms with E-state index < -0.39 is 0 Å². The summed E-state index contributed by atoms with van der Waals surface area (Å²) in [7, 11) is 1.62. The van der Waals surface area contributed by atoms with E-state index >= 15 is 0 Å². The summed E-state index contributed by atoms with van der Waals surface area (Å²) in [5, 5.41) is 0. The maximum Gasteiger partial charge on any atom is 0.249 e. The summed E-state index contributed by atoms with van der Waals surface area (Å²) in [4.78, 5) is 19.0. The van der Waals surface area contributed by atoms with E-state index in [1.54, 1.807) is 18.0 Å². The van der Waals surface area contributed by atoms with Gasteiger partial charge in [-0.3, -0.25) is 14.3 Å². The van der Waals surface area contributed by atoms with Gasteiger partial charge >= 0.3 is 0 Å². The predicted molar refractivity (Wildman–Crippen MR) is 79.3 cm³/mol. The van der Waals surface area contributed by atoms with E-state index in [1.807, 2.05) is 25.1 Å². The lowest BCUT2D eigenvalue weighted by Crippen LogP contribution is -2.41. The number of methoxy groups -OCH3 is 1. The molecule has 0 aliphatic rings. The van der Waals surface area contributed by atoms with Gasteiger partial charge in [0.15, 0.2) is 0 Å². The molecule has 0 aliphatic carbocycles. The Morgan fingerprint density at radius 3 is 2.70 bits per heavy atom. The van der Waals surface area contributed by atoms with E-state index in [1.165, 1.54) is 0 Å². The van der Waals surface area contributed by atoms with Crippen molar-refractivity contribution in [3.05, 3.63) is 24.5 Å². The molecular weight excluding hydrogens is 254 g/mol. The number of likely N-dealkylation sites (N-methyl/N-ethyl adjacent to an activating group) is 1. The van der Waals surface area contributed by atoms with Gasteiger partial charge < -0.3 is 4.74 Å². The third kappa shape index (κ3) is 2.54. The number of benzene rings is 1. The number of hydrogen-bond acceptors (Lipinski definition) is 4. The quantitative estimate of drug-likeness (QED) is 0.840. The van der Waals surface area contributed by atoms with Gasteiger partial charge in [0.25, 0.3) is 0 Å². The Labute approximate surface area is 119 Å². The molecule has 1 heterocycles. The Morgan fingerprint density at radius 1 is 1.40 bits per heavy atom. The normalized spacial score (nSPS) is 12.8. The molecule has 0 aliphatic heterocycles. The summed E-state index contributed by atoms with van der Waals surface area (Å²) in [5.41, 5.74) is 1.58. The van der Waals surface area contributed by atoms with Crippen molar-refractivity contribution in [1.29, 1.82) is 0 Å². The molecule has 0 amide bonds. The fraction of sp³-hybridized carbons (Fsp3) is 0.467. The zero-order valence-electron chi connectivity index (χ0n) is 12.5. The number of nitrogens with zero attached hydrogens (tertiary/aromatic N) is 3. The SMILES string of the molecule is CCN(CC)C(C)C(=O)n1cnc2cc(OC)ccc21. The van der Waals surface area contributed by atoms with Crippen LogP contribution in [0.3, 0.4) is 0 Å². The van der Waals surface area contributed by atoms with Crippen LogP contribution < -0.4 is 4.74 Å². The molecule has 0 saturated heterocycles. The minimum Gasteiger partial charge on any atom is -0.497 e. The second-order valence-corrected chi connectivity index (χ2v) is 4.70. The maximum absolute atomic E-state index is 12.6. The number of hydrogen-bond donors (Lipinski definition) is 0. The van der Waals surface area contributed by atoms with Gasteiger partial charge in [-0.15, -0.1) is 0 Å². The van der Waals surface area contributed by atoms with E-state index in [-0.39, 0.29) is 11.9 Å². The van der Waals surface area contributed by atoms with Crippen molar-refractivity contribution in [2.75, 3.05) is 20.2 Å². The molecule has 5 heteroatoms.